The zero-order valence-electron chi connectivity index (χ0n) is 12.8. The first-order valence-electron chi connectivity index (χ1n) is 7.12. The van der Waals surface area contributed by atoms with Gasteiger partial charge in [0.25, 0.3) is 5.91 Å². The zero-order chi connectivity index (χ0) is 16.2. The van der Waals surface area contributed by atoms with Crippen molar-refractivity contribution in [1.82, 2.24) is 19.9 Å². The lowest BCUT2D eigenvalue weighted by Gasteiger charge is -2.08. The first-order chi connectivity index (χ1) is 11.1. The van der Waals surface area contributed by atoms with Gasteiger partial charge in [-0.2, -0.15) is 0 Å². The van der Waals surface area contributed by atoms with Crippen LogP contribution in [0.5, 0.6) is 0 Å². The van der Waals surface area contributed by atoms with E-state index >= 15 is 0 Å². The molecule has 0 saturated heterocycles. The van der Waals surface area contributed by atoms with Crippen LogP contribution < -0.4 is 5.32 Å². The molecule has 0 aliphatic carbocycles. The van der Waals surface area contributed by atoms with Crippen molar-refractivity contribution in [3.8, 4) is 11.1 Å². The number of rotatable bonds is 3. The second-order valence-electron chi connectivity index (χ2n) is 5.07. The van der Waals surface area contributed by atoms with E-state index in [1.807, 2.05) is 25.1 Å². The second-order valence-corrected chi connectivity index (χ2v) is 5.07. The number of hydrogen-bond acceptors (Lipinski definition) is 5. The summed E-state index contributed by atoms with van der Waals surface area (Å²) in [5, 5.41) is 2.74. The van der Waals surface area contributed by atoms with E-state index in [2.05, 4.69) is 25.3 Å². The number of anilines is 1. The Kier molecular flexibility index (Phi) is 4.05. The Balaban J connectivity index is 1.90. The molecule has 1 N–H and O–H groups in total. The van der Waals surface area contributed by atoms with Crippen molar-refractivity contribution in [3.63, 3.8) is 0 Å². The fourth-order valence-corrected chi connectivity index (χ4v) is 2.19. The molecule has 6 heteroatoms. The third-order valence-electron chi connectivity index (χ3n) is 3.20. The molecule has 6 nitrogen and oxygen atoms in total. The molecule has 0 fully saturated rings. The van der Waals surface area contributed by atoms with Crippen molar-refractivity contribution in [2.45, 2.75) is 13.8 Å². The minimum absolute atomic E-state index is 0.308. The molecule has 0 bridgehead atoms. The van der Waals surface area contributed by atoms with Crippen LogP contribution >= 0.6 is 0 Å². The van der Waals surface area contributed by atoms with Gasteiger partial charge in [-0.25, -0.2) is 15.0 Å². The van der Waals surface area contributed by atoms with E-state index in [0.29, 0.717) is 17.3 Å². The molecule has 0 spiro atoms. The van der Waals surface area contributed by atoms with Gasteiger partial charge in [-0.05, 0) is 43.7 Å². The van der Waals surface area contributed by atoms with Crippen molar-refractivity contribution >= 4 is 11.7 Å². The van der Waals surface area contributed by atoms with Crippen LogP contribution in [0, 0.1) is 13.8 Å². The monoisotopic (exact) mass is 305 g/mol. The van der Waals surface area contributed by atoms with Crippen LogP contribution in [-0.2, 0) is 0 Å². The molecule has 0 atom stereocenters. The highest BCUT2D eigenvalue weighted by Gasteiger charge is 2.11. The van der Waals surface area contributed by atoms with Gasteiger partial charge in [0.2, 0.25) is 0 Å². The summed E-state index contributed by atoms with van der Waals surface area (Å²) in [5.74, 6) is 0.738. The molecule has 3 heterocycles. The van der Waals surface area contributed by atoms with E-state index < -0.39 is 0 Å². The van der Waals surface area contributed by atoms with Crippen LogP contribution in [0.3, 0.4) is 0 Å². The molecular formula is C17H15N5O. The highest BCUT2D eigenvalue weighted by molar-refractivity contribution is 6.03. The number of nitrogens with zero attached hydrogens (tertiary/aromatic N) is 4. The van der Waals surface area contributed by atoms with Crippen LogP contribution in [0.1, 0.15) is 22.0 Å². The summed E-state index contributed by atoms with van der Waals surface area (Å²) >= 11 is 0. The van der Waals surface area contributed by atoms with Crippen molar-refractivity contribution in [2.75, 3.05) is 5.32 Å². The number of hydrogen-bond donors (Lipinski definition) is 1. The maximum absolute atomic E-state index is 12.4. The van der Waals surface area contributed by atoms with E-state index in [-0.39, 0.29) is 5.91 Å². The lowest BCUT2D eigenvalue weighted by molar-refractivity contribution is 0.102. The third-order valence-corrected chi connectivity index (χ3v) is 3.20. The van der Waals surface area contributed by atoms with E-state index in [9.17, 15) is 4.79 Å². The van der Waals surface area contributed by atoms with E-state index in [0.717, 1.165) is 16.8 Å². The Labute approximate surface area is 133 Å². The summed E-state index contributed by atoms with van der Waals surface area (Å²) < 4.78 is 0. The number of carbonyl (C=O) groups excluding carboxylic acids is 1. The predicted molar refractivity (Wildman–Crippen MR) is 86.9 cm³/mol. The molecule has 3 aromatic rings. The number of nitrogens with one attached hydrogen (secondary N) is 1. The normalized spacial score (nSPS) is 10.3. The van der Waals surface area contributed by atoms with Crippen LogP contribution in [0.15, 0.2) is 48.9 Å². The lowest BCUT2D eigenvalue weighted by Crippen LogP contribution is -2.15. The van der Waals surface area contributed by atoms with Crippen LogP contribution in [-0.4, -0.2) is 25.8 Å². The first-order valence-corrected chi connectivity index (χ1v) is 7.12. The Morgan fingerprint density at radius 1 is 1.04 bits per heavy atom. The summed E-state index contributed by atoms with van der Waals surface area (Å²) in [6.07, 6.45) is 5.07. The third kappa shape index (κ3) is 3.55. The summed E-state index contributed by atoms with van der Waals surface area (Å²) in [6.45, 7) is 3.62. The standard InChI is InChI=1S/C17H15N5O/c1-11-8-14(13-4-3-6-18-10-13)9-15(20-11)17(23)22-16-5-7-19-12(2)21-16/h3-10H,1-2H3,(H,19,21,22,23). The second kappa shape index (κ2) is 6.31. The average molecular weight is 305 g/mol. The number of aromatic nitrogens is 4. The van der Waals surface area contributed by atoms with Gasteiger partial charge in [-0.3, -0.25) is 9.78 Å². The molecule has 0 aromatic carbocycles. The Morgan fingerprint density at radius 2 is 1.91 bits per heavy atom. The predicted octanol–water partition coefficient (Wildman–Crippen LogP) is 2.80. The van der Waals surface area contributed by atoms with Crippen molar-refractivity contribution in [3.05, 3.63) is 66.1 Å². The fourth-order valence-electron chi connectivity index (χ4n) is 2.19. The molecule has 3 rings (SSSR count). The fraction of sp³-hybridized carbons (Fsp3) is 0.118. The summed E-state index contributed by atoms with van der Waals surface area (Å²) in [5.41, 5.74) is 2.93. The van der Waals surface area contributed by atoms with Crippen LogP contribution in [0.2, 0.25) is 0 Å². The molecule has 0 aliphatic rings. The highest BCUT2D eigenvalue weighted by Crippen LogP contribution is 2.20. The van der Waals surface area contributed by atoms with E-state index in [4.69, 9.17) is 0 Å². The highest BCUT2D eigenvalue weighted by atomic mass is 16.1. The maximum atomic E-state index is 12.4. The average Bonchev–Trinajstić information content (AvgIpc) is 2.55. The quantitative estimate of drug-likeness (QED) is 0.804. The Hall–Kier alpha value is -3.15. The van der Waals surface area contributed by atoms with E-state index in [1.165, 1.54) is 0 Å². The van der Waals surface area contributed by atoms with E-state index in [1.54, 1.807) is 37.6 Å². The number of aryl methyl sites for hydroxylation is 2. The van der Waals surface area contributed by atoms with Gasteiger partial charge >= 0.3 is 0 Å². The Morgan fingerprint density at radius 3 is 2.65 bits per heavy atom. The van der Waals surface area contributed by atoms with Gasteiger partial charge in [-0.1, -0.05) is 6.07 Å². The van der Waals surface area contributed by atoms with Crippen molar-refractivity contribution in [1.29, 1.82) is 0 Å². The smallest absolute Gasteiger partial charge is 0.275 e. The topological polar surface area (TPSA) is 80.7 Å². The molecule has 3 aromatic heterocycles. The molecule has 0 radical (unpaired) electrons. The van der Waals surface area contributed by atoms with Crippen LogP contribution in [0.4, 0.5) is 5.82 Å². The molecule has 0 aliphatic heterocycles. The first kappa shape index (κ1) is 14.8. The van der Waals surface area contributed by atoms with Crippen molar-refractivity contribution < 1.29 is 4.79 Å². The van der Waals surface area contributed by atoms with Crippen LogP contribution in [0.25, 0.3) is 11.1 Å². The molecule has 1 amide bonds. The SMILES string of the molecule is Cc1cc(-c2cccnc2)cc(C(=O)Nc2ccnc(C)n2)n1. The summed E-state index contributed by atoms with van der Waals surface area (Å²) in [4.78, 5) is 29.0. The Bertz CT molecular complexity index is 849. The number of amides is 1. The minimum atomic E-state index is -0.308. The summed E-state index contributed by atoms with van der Waals surface area (Å²) in [7, 11) is 0. The number of carbonyl (C=O) groups is 1. The molecule has 114 valence electrons. The van der Waals surface area contributed by atoms with Gasteiger partial charge in [-0.15, -0.1) is 0 Å². The maximum Gasteiger partial charge on any atom is 0.275 e. The van der Waals surface area contributed by atoms with Gasteiger partial charge in [0.05, 0.1) is 0 Å². The lowest BCUT2D eigenvalue weighted by atomic mass is 10.1. The minimum Gasteiger partial charge on any atom is -0.305 e. The molecule has 0 unspecified atom stereocenters. The largest absolute Gasteiger partial charge is 0.305 e. The molecule has 0 saturated carbocycles. The van der Waals surface area contributed by atoms with Gasteiger partial charge in [0.1, 0.15) is 17.3 Å². The molecular weight excluding hydrogens is 290 g/mol. The van der Waals surface area contributed by atoms with Gasteiger partial charge < -0.3 is 5.32 Å². The van der Waals surface area contributed by atoms with Gasteiger partial charge in [0.15, 0.2) is 0 Å². The number of pyridine rings is 2. The molecule has 23 heavy (non-hydrogen) atoms. The zero-order valence-corrected chi connectivity index (χ0v) is 12.8. The summed E-state index contributed by atoms with van der Waals surface area (Å²) in [6, 6.07) is 9.10. The van der Waals surface area contributed by atoms with Crippen molar-refractivity contribution in [2.24, 2.45) is 0 Å². The van der Waals surface area contributed by atoms with Gasteiger partial charge in [0, 0.05) is 29.8 Å².